The average molecular weight is 239 g/mol. The lowest BCUT2D eigenvalue weighted by Crippen LogP contribution is -2.44. The van der Waals surface area contributed by atoms with Crippen LogP contribution in [0.2, 0.25) is 0 Å². The lowest BCUT2D eigenvalue weighted by Gasteiger charge is -2.30. The van der Waals surface area contributed by atoms with Gasteiger partial charge in [-0.05, 0) is 33.4 Å². The van der Waals surface area contributed by atoms with Crippen LogP contribution in [0.4, 0.5) is 0 Å². The highest BCUT2D eigenvalue weighted by atomic mass is 16.2. The van der Waals surface area contributed by atoms with Gasteiger partial charge in [0.1, 0.15) is 0 Å². The van der Waals surface area contributed by atoms with Gasteiger partial charge >= 0.3 is 0 Å². The molecule has 0 aromatic rings. The molecule has 2 atom stereocenters. The molecule has 0 aromatic carbocycles. The second kappa shape index (κ2) is 5.36. The number of rotatable bonds is 5. The first-order chi connectivity index (χ1) is 8.09. The van der Waals surface area contributed by atoms with E-state index in [0.29, 0.717) is 11.9 Å². The number of carbonyl (C=O) groups excluding carboxylic acids is 1. The van der Waals surface area contributed by atoms with Gasteiger partial charge in [-0.25, -0.2) is 0 Å². The molecule has 0 radical (unpaired) electrons. The molecule has 2 rings (SSSR count). The summed E-state index contributed by atoms with van der Waals surface area (Å²) in [6.07, 6.45) is 5.80. The fraction of sp³-hybridized carbons (Fsp3) is 0.923. The summed E-state index contributed by atoms with van der Waals surface area (Å²) in [5.74, 6) is 0.434. The van der Waals surface area contributed by atoms with Crippen molar-refractivity contribution in [2.75, 3.05) is 27.2 Å². The van der Waals surface area contributed by atoms with Gasteiger partial charge in [-0.3, -0.25) is 4.79 Å². The van der Waals surface area contributed by atoms with Crippen LogP contribution in [0.5, 0.6) is 0 Å². The first-order valence-corrected chi connectivity index (χ1v) is 6.80. The molecule has 17 heavy (non-hydrogen) atoms. The van der Waals surface area contributed by atoms with E-state index >= 15 is 0 Å². The number of amides is 1. The monoisotopic (exact) mass is 239 g/mol. The molecule has 2 fully saturated rings. The van der Waals surface area contributed by atoms with E-state index in [9.17, 15) is 4.79 Å². The van der Waals surface area contributed by atoms with E-state index in [4.69, 9.17) is 5.73 Å². The van der Waals surface area contributed by atoms with Crippen molar-refractivity contribution in [3.8, 4) is 0 Å². The first-order valence-electron chi connectivity index (χ1n) is 6.80. The summed E-state index contributed by atoms with van der Waals surface area (Å²) in [6, 6.07) is 0.612. The van der Waals surface area contributed by atoms with Crippen LogP contribution in [-0.2, 0) is 4.79 Å². The van der Waals surface area contributed by atoms with Crippen molar-refractivity contribution in [2.24, 2.45) is 11.7 Å². The maximum absolute atomic E-state index is 12.3. The van der Waals surface area contributed by atoms with Gasteiger partial charge in [0.25, 0.3) is 0 Å². The van der Waals surface area contributed by atoms with Crippen LogP contribution in [-0.4, -0.2) is 55.0 Å². The van der Waals surface area contributed by atoms with E-state index in [1.807, 2.05) is 0 Å². The summed E-state index contributed by atoms with van der Waals surface area (Å²) in [5, 5.41) is 0. The summed E-state index contributed by atoms with van der Waals surface area (Å²) < 4.78 is 0. The van der Waals surface area contributed by atoms with Crippen LogP contribution < -0.4 is 5.73 Å². The van der Waals surface area contributed by atoms with Crippen LogP contribution in [0.3, 0.4) is 0 Å². The van der Waals surface area contributed by atoms with Crippen molar-refractivity contribution in [1.82, 2.24) is 9.80 Å². The molecule has 0 saturated heterocycles. The molecule has 4 heteroatoms. The molecular formula is C13H25N3O. The minimum absolute atomic E-state index is 0.123. The summed E-state index contributed by atoms with van der Waals surface area (Å²) >= 11 is 0. The highest BCUT2D eigenvalue weighted by Gasteiger charge is 2.43. The van der Waals surface area contributed by atoms with Crippen LogP contribution in [0.1, 0.15) is 32.1 Å². The molecule has 98 valence electrons. The number of hydrogen-bond donors (Lipinski definition) is 1. The molecule has 4 nitrogen and oxygen atoms in total. The Labute approximate surface area is 104 Å². The molecule has 2 unspecified atom stereocenters. The predicted octanol–water partition coefficient (Wildman–Crippen LogP) is 0.666. The number of nitrogens with two attached hydrogens (primary N) is 1. The molecular weight excluding hydrogens is 214 g/mol. The summed E-state index contributed by atoms with van der Waals surface area (Å²) in [6.45, 7) is 1.81. The maximum Gasteiger partial charge on any atom is 0.227 e. The van der Waals surface area contributed by atoms with E-state index in [1.165, 1.54) is 25.7 Å². The third-order valence-electron chi connectivity index (χ3n) is 3.99. The number of nitrogens with zero attached hydrogens (tertiary/aromatic N) is 2. The molecule has 2 N–H and O–H groups in total. The van der Waals surface area contributed by atoms with Gasteiger partial charge in [0.15, 0.2) is 0 Å². The van der Waals surface area contributed by atoms with E-state index < -0.39 is 0 Å². The minimum atomic E-state index is 0.123. The Morgan fingerprint density at radius 2 is 1.82 bits per heavy atom. The Hall–Kier alpha value is -0.610. The molecule has 2 aliphatic carbocycles. The van der Waals surface area contributed by atoms with Gasteiger partial charge < -0.3 is 15.5 Å². The van der Waals surface area contributed by atoms with E-state index in [2.05, 4.69) is 23.9 Å². The smallest absolute Gasteiger partial charge is 0.227 e. The Kier molecular flexibility index (Phi) is 4.05. The van der Waals surface area contributed by atoms with Crippen LogP contribution in [0.25, 0.3) is 0 Å². The summed E-state index contributed by atoms with van der Waals surface area (Å²) in [7, 11) is 4.11. The molecule has 0 aromatic heterocycles. The fourth-order valence-corrected chi connectivity index (χ4v) is 2.71. The SMILES string of the molecule is CN(C)CCN(C(=O)C1CC1N)C1CCCC1. The zero-order valence-corrected chi connectivity index (χ0v) is 11.1. The number of hydrogen-bond acceptors (Lipinski definition) is 3. The predicted molar refractivity (Wildman–Crippen MR) is 68.6 cm³/mol. The molecule has 2 aliphatic rings. The van der Waals surface area contributed by atoms with Crippen molar-refractivity contribution in [1.29, 1.82) is 0 Å². The van der Waals surface area contributed by atoms with Crippen LogP contribution in [0, 0.1) is 5.92 Å². The second-order valence-corrected chi connectivity index (χ2v) is 5.78. The molecule has 0 bridgehead atoms. The zero-order chi connectivity index (χ0) is 12.4. The third-order valence-corrected chi connectivity index (χ3v) is 3.99. The van der Waals surface area contributed by atoms with Gasteiger partial charge in [0.2, 0.25) is 5.91 Å². The van der Waals surface area contributed by atoms with E-state index in [1.54, 1.807) is 0 Å². The standard InChI is InChI=1S/C13H25N3O/c1-15(2)7-8-16(10-5-3-4-6-10)13(17)11-9-12(11)14/h10-12H,3-9,14H2,1-2H3. The number of likely N-dealkylation sites (N-methyl/N-ethyl adjacent to an activating group) is 1. The summed E-state index contributed by atoms with van der Waals surface area (Å²) in [4.78, 5) is 16.6. The Bertz CT molecular complexity index is 274. The van der Waals surface area contributed by atoms with Crippen molar-refractivity contribution >= 4 is 5.91 Å². The third kappa shape index (κ3) is 3.19. The van der Waals surface area contributed by atoms with Crippen molar-refractivity contribution in [3.63, 3.8) is 0 Å². The van der Waals surface area contributed by atoms with E-state index in [-0.39, 0.29) is 12.0 Å². The molecule has 1 amide bonds. The van der Waals surface area contributed by atoms with Crippen molar-refractivity contribution in [3.05, 3.63) is 0 Å². The Balaban J connectivity index is 1.93. The van der Waals surface area contributed by atoms with Gasteiger partial charge in [-0.15, -0.1) is 0 Å². The molecule has 0 aliphatic heterocycles. The minimum Gasteiger partial charge on any atom is -0.338 e. The zero-order valence-electron chi connectivity index (χ0n) is 11.1. The quantitative estimate of drug-likeness (QED) is 0.767. The molecule has 2 saturated carbocycles. The second-order valence-electron chi connectivity index (χ2n) is 5.78. The largest absolute Gasteiger partial charge is 0.338 e. The number of carbonyl (C=O) groups is 1. The summed E-state index contributed by atoms with van der Waals surface area (Å²) in [5.41, 5.74) is 5.80. The first kappa shape index (κ1) is 12.8. The van der Waals surface area contributed by atoms with Crippen LogP contribution >= 0.6 is 0 Å². The van der Waals surface area contributed by atoms with Crippen molar-refractivity contribution in [2.45, 2.75) is 44.2 Å². The van der Waals surface area contributed by atoms with E-state index in [0.717, 1.165) is 19.5 Å². The lowest BCUT2D eigenvalue weighted by atomic mass is 10.2. The topological polar surface area (TPSA) is 49.6 Å². The van der Waals surface area contributed by atoms with Crippen molar-refractivity contribution < 1.29 is 4.79 Å². The van der Waals surface area contributed by atoms with Gasteiger partial charge in [-0.1, -0.05) is 12.8 Å². The highest BCUT2D eigenvalue weighted by Crippen LogP contribution is 2.33. The molecule has 0 spiro atoms. The van der Waals surface area contributed by atoms with Crippen LogP contribution in [0.15, 0.2) is 0 Å². The molecule has 0 heterocycles. The Morgan fingerprint density at radius 1 is 1.24 bits per heavy atom. The van der Waals surface area contributed by atoms with Gasteiger partial charge in [-0.2, -0.15) is 0 Å². The van der Waals surface area contributed by atoms with Gasteiger partial charge in [0.05, 0.1) is 5.92 Å². The lowest BCUT2D eigenvalue weighted by molar-refractivity contribution is -0.135. The van der Waals surface area contributed by atoms with Gasteiger partial charge in [0, 0.05) is 25.2 Å². The maximum atomic E-state index is 12.3. The fourth-order valence-electron chi connectivity index (χ4n) is 2.71. The normalized spacial score (nSPS) is 28.7. The average Bonchev–Trinajstić information content (AvgIpc) is 2.79. The Morgan fingerprint density at radius 3 is 2.29 bits per heavy atom. The highest BCUT2D eigenvalue weighted by molar-refractivity contribution is 5.82.